The van der Waals surface area contributed by atoms with E-state index in [1.807, 2.05) is 0 Å². The Hall–Kier alpha value is -6.38. The van der Waals surface area contributed by atoms with Crippen LogP contribution in [0.25, 0.3) is 49.7 Å². The number of fused-ring (bicyclic) bond motifs is 13. The Bertz CT molecular complexity index is 2700. The highest BCUT2D eigenvalue weighted by Gasteiger charge is 2.51. The van der Waals surface area contributed by atoms with Gasteiger partial charge in [0.1, 0.15) is 0 Å². The molecular weight excluding hydrogens is 617 g/mol. The highest BCUT2D eigenvalue weighted by Crippen LogP contribution is 2.63. The maximum atomic E-state index is 2.59. The molecule has 0 aliphatic heterocycles. The molecule has 1 unspecified atom stereocenters. The number of benzene rings is 7. The van der Waals surface area contributed by atoms with E-state index in [4.69, 9.17) is 0 Å². The van der Waals surface area contributed by atoms with Crippen LogP contribution in [-0.2, 0) is 5.41 Å². The van der Waals surface area contributed by atoms with Crippen molar-refractivity contribution < 1.29 is 0 Å². The molecular formula is C49H34N2. The quantitative estimate of drug-likeness (QED) is 0.184. The number of hydrogen-bond acceptors (Lipinski definition) is 1. The largest absolute Gasteiger partial charge is 0.334 e. The van der Waals surface area contributed by atoms with Crippen molar-refractivity contribution >= 4 is 33.2 Å². The van der Waals surface area contributed by atoms with Gasteiger partial charge in [0, 0.05) is 22.1 Å². The lowest BCUT2D eigenvalue weighted by Crippen LogP contribution is -2.30. The van der Waals surface area contributed by atoms with Crippen LogP contribution < -0.4 is 4.90 Å². The second kappa shape index (κ2) is 10.8. The van der Waals surface area contributed by atoms with Crippen LogP contribution >= 0.6 is 0 Å². The van der Waals surface area contributed by atoms with Crippen LogP contribution in [-0.4, -0.2) is 10.6 Å². The molecule has 3 aliphatic rings. The summed E-state index contributed by atoms with van der Waals surface area (Å²) in [5.41, 5.74) is 16.5. The van der Waals surface area contributed by atoms with Gasteiger partial charge in [-0.1, -0.05) is 146 Å². The van der Waals surface area contributed by atoms with Gasteiger partial charge in [0.15, 0.2) is 0 Å². The second-order valence-electron chi connectivity index (χ2n) is 14.0. The first-order valence-electron chi connectivity index (χ1n) is 18.0. The Morgan fingerprint density at radius 1 is 0.510 bits per heavy atom. The summed E-state index contributed by atoms with van der Waals surface area (Å²) >= 11 is 0. The highest BCUT2D eigenvalue weighted by molar-refractivity contribution is 6.16. The van der Waals surface area contributed by atoms with Gasteiger partial charge in [0.2, 0.25) is 0 Å². The zero-order valence-corrected chi connectivity index (χ0v) is 28.1. The SMILES string of the molecule is C1=CCC(N(c2ccc3c(c2)-c2ccccc2C32c3ccccc3-c3ccccc32)c2cccc3c2c2ccccc2n3-c2ccccc2)C=C1. The molecule has 11 rings (SSSR count). The van der Waals surface area contributed by atoms with E-state index in [2.05, 4.69) is 198 Å². The van der Waals surface area contributed by atoms with E-state index in [0.29, 0.717) is 0 Å². The molecule has 3 aliphatic carbocycles. The summed E-state index contributed by atoms with van der Waals surface area (Å²) < 4.78 is 2.42. The zero-order valence-electron chi connectivity index (χ0n) is 28.1. The first-order chi connectivity index (χ1) is 25.3. The summed E-state index contributed by atoms with van der Waals surface area (Å²) in [7, 11) is 0. The van der Waals surface area contributed by atoms with Crippen LogP contribution in [0.2, 0.25) is 0 Å². The molecule has 51 heavy (non-hydrogen) atoms. The van der Waals surface area contributed by atoms with Gasteiger partial charge in [-0.3, -0.25) is 0 Å². The summed E-state index contributed by atoms with van der Waals surface area (Å²) in [5, 5.41) is 2.54. The van der Waals surface area contributed by atoms with Gasteiger partial charge in [0.25, 0.3) is 0 Å². The molecule has 1 atom stereocenters. The lowest BCUT2D eigenvalue weighted by molar-refractivity contribution is 0.782. The van der Waals surface area contributed by atoms with E-state index >= 15 is 0 Å². The van der Waals surface area contributed by atoms with Crippen molar-refractivity contribution in [3.05, 3.63) is 210 Å². The third-order valence-corrected chi connectivity index (χ3v) is 11.5. The van der Waals surface area contributed by atoms with Gasteiger partial charge in [0.05, 0.1) is 28.2 Å². The van der Waals surface area contributed by atoms with E-state index in [1.165, 1.54) is 83.4 Å². The number of aromatic nitrogens is 1. The van der Waals surface area contributed by atoms with Crippen LogP contribution in [0.15, 0.2) is 188 Å². The van der Waals surface area contributed by atoms with Crippen molar-refractivity contribution in [2.75, 3.05) is 4.90 Å². The molecule has 0 radical (unpaired) electrons. The Kier molecular flexibility index (Phi) is 6.03. The maximum Gasteiger partial charge on any atom is 0.0725 e. The van der Waals surface area contributed by atoms with Crippen LogP contribution in [0.3, 0.4) is 0 Å². The third kappa shape index (κ3) is 3.82. The van der Waals surface area contributed by atoms with Crippen molar-refractivity contribution in [3.8, 4) is 27.9 Å². The van der Waals surface area contributed by atoms with Gasteiger partial charge in [-0.15, -0.1) is 0 Å². The molecule has 0 amide bonds. The minimum absolute atomic E-state index is 0.163. The van der Waals surface area contributed by atoms with E-state index < -0.39 is 0 Å². The normalized spacial score (nSPS) is 16.0. The molecule has 2 heteroatoms. The van der Waals surface area contributed by atoms with Crippen molar-refractivity contribution in [2.24, 2.45) is 0 Å². The van der Waals surface area contributed by atoms with E-state index in [1.54, 1.807) is 0 Å². The fraction of sp³-hybridized carbons (Fsp3) is 0.0612. The van der Waals surface area contributed by atoms with Crippen molar-refractivity contribution in [2.45, 2.75) is 17.9 Å². The molecule has 1 aromatic heterocycles. The summed E-state index contributed by atoms with van der Waals surface area (Å²) in [6.45, 7) is 0. The number of anilines is 2. The topological polar surface area (TPSA) is 8.17 Å². The number of rotatable bonds is 4. The molecule has 0 fully saturated rings. The molecule has 0 bridgehead atoms. The predicted molar refractivity (Wildman–Crippen MR) is 212 cm³/mol. The lowest BCUT2D eigenvalue weighted by Gasteiger charge is -2.34. The van der Waals surface area contributed by atoms with Crippen LogP contribution in [0.1, 0.15) is 28.7 Å². The molecule has 2 nitrogen and oxygen atoms in total. The van der Waals surface area contributed by atoms with Gasteiger partial charge >= 0.3 is 0 Å². The smallest absolute Gasteiger partial charge is 0.0725 e. The van der Waals surface area contributed by atoms with Crippen LogP contribution in [0.4, 0.5) is 11.4 Å². The van der Waals surface area contributed by atoms with Gasteiger partial charge in [-0.05, 0) is 93.4 Å². The molecule has 0 saturated heterocycles. The molecule has 0 N–H and O–H groups in total. The number of allylic oxidation sites excluding steroid dienone is 2. The van der Waals surface area contributed by atoms with Crippen LogP contribution in [0, 0.1) is 0 Å². The molecule has 1 heterocycles. The van der Waals surface area contributed by atoms with Crippen molar-refractivity contribution in [3.63, 3.8) is 0 Å². The molecule has 7 aromatic carbocycles. The average Bonchev–Trinajstić information content (AvgIpc) is 3.81. The molecule has 240 valence electrons. The first kappa shape index (κ1) is 28.5. The van der Waals surface area contributed by atoms with E-state index in [-0.39, 0.29) is 11.5 Å². The Balaban J connectivity index is 1.18. The fourth-order valence-electron chi connectivity index (χ4n) is 9.56. The van der Waals surface area contributed by atoms with Crippen molar-refractivity contribution in [1.29, 1.82) is 0 Å². The molecule has 8 aromatic rings. The maximum absolute atomic E-state index is 2.59. The van der Waals surface area contributed by atoms with Gasteiger partial charge in [-0.25, -0.2) is 0 Å². The third-order valence-electron chi connectivity index (χ3n) is 11.5. The average molecular weight is 651 g/mol. The van der Waals surface area contributed by atoms with Crippen molar-refractivity contribution in [1.82, 2.24) is 4.57 Å². The van der Waals surface area contributed by atoms with E-state index in [9.17, 15) is 0 Å². The summed E-state index contributed by atoms with van der Waals surface area (Å²) in [4.78, 5) is 2.59. The Morgan fingerprint density at radius 2 is 1.12 bits per heavy atom. The summed E-state index contributed by atoms with van der Waals surface area (Å²) in [6.07, 6.45) is 9.98. The Morgan fingerprint density at radius 3 is 1.82 bits per heavy atom. The summed E-state index contributed by atoms with van der Waals surface area (Å²) in [6, 6.07) is 61.1. The predicted octanol–water partition coefficient (Wildman–Crippen LogP) is 12.1. The standard InChI is InChI=1S/C49H34N2/c1-3-16-33(17-4-1)50(46-28-15-29-47-48(46)39-23-10-14-27-45(39)51(47)34-18-5-2-6-19-34)35-30-31-44-40(32-35)38-22-9-13-26-43(38)49(44)41-24-11-7-20-36(41)37-21-8-12-25-42(37)49/h1-16,18-33H,17H2. The second-order valence-corrected chi connectivity index (χ2v) is 14.0. The van der Waals surface area contributed by atoms with E-state index in [0.717, 1.165) is 6.42 Å². The number of nitrogens with zero attached hydrogens (tertiary/aromatic N) is 2. The highest BCUT2D eigenvalue weighted by atomic mass is 15.2. The fourth-order valence-corrected chi connectivity index (χ4v) is 9.56. The number of para-hydroxylation sites is 2. The first-order valence-corrected chi connectivity index (χ1v) is 18.0. The summed E-state index contributed by atoms with van der Waals surface area (Å²) in [5.74, 6) is 0. The minimum Gasteiger partial charge on any atom is -0.334 e. The van der Waals surface area contributed by atoms with Gasteiger partial charge in [-0.2, -0.15) is 0 Å². The molecule has 1 spiro atoms. The van der Waals surface area contributed by atoms with Crippen LogP contribution in [0.5, 0.6) is 0 Å². The number of hydrogen-bond donors (Lipinski definition) is 0. The minimum atomic E-state index is -0.348. The lowest BCUT2D eigenvalue weighted by atomic mass is 9.70. The zero-order chi connectivity index (χ0) is 33.5. The monoisotopic (exact) mass is 650 g/mol. The molecule has 0 saturated carbocycles. The Labute approximate surface area is 297 Å². The van der Waals surface area contributed by atoms with Gasteiger partial charge < -0.3 is 9.47 Å².